The molecule has 1 fully saturated rings. The Morgan fingerprint density at radius 1 is 1.44 bits per heavy atom. The Balaban J connectivity index is 2.01. The molecule has 8 heteroatoms. The number of likely N-dealkylation sites (tertiary alicyclic amines) is 1. The third-order valence-corrected chi connectivity index (χ3v) is 4.27. The zero-order chi connectivity index (χ0) is 18.2. The lowest BCUT2D eigenvalue weighted by atomic mass is 10.1. The maximum Gasteiger partial charge on any atom is 0.387 e. The van der Waals surface area contributed by atoms with Gasteiger partial charge >= 0.3 is 6.61 Å². The Kier molecular flexibility index (Phi) is 7.71. The van der Waals surface area contributed by atoms with Crippen LogP contribution >= 0.6 is 11.6 Å². The topological polar surface area (TPSA) is 48.9 Å². The van der Waals surface area contributed by atoms with E-state index in [2.05, 4.69) is 32.3 Å². The average molecular weight is 375 g/mol. The van der Waals surface area contributed by atoms with Gasteiger partial charge in [0.1, 0.15) is 5.75 Å². The van der Waals surface area contributed by atoms with E-state index >= 15 is 0 Å². The molecule has 0 amide bonds. The number of halogens is 3. The number of rotatable bonds is 7. The van der Waals surface area contributed by atoms with E-state index in [9.17, 15) is 8.78 Å². The maximum atomic E-state index is 12.5. The summed E-state index contributed by atoms with van der Waals surface area (Å²) in [4.78, 5) is 6.77. The van der Waals surface area contributed by atoms with Gasteiger partial charge in [0.2, 0.25) is 0 Å². The molecule has 1 atom stereocenters. The lowest BCUT2D eigenvalue weighted by Gasteiger charge is -2.16. The molecule has 140 valence electrons. The average Bonchev–Trinajstić information content (AvgIpc) is 2.97. The van der Waals surface area contributed by atoms with Crippen LogP contribution in [0.4, 0.5) is 8.78 Å². The molecule has 1 saturated heterocycles. The van der Waals surface area contributed by atoms with Gasteiger partial charge in [0, 0.05) is 30.2 Å². The van der Waals surface area contributed by atoms with Gasteiger partial charge in [-0.1, -0.05) is 11.6 Å². The molecule has 1 aromatic carbocycles. The summed E-state index contributed by atoms with van der Waals surface area (Å²) < 4.78 is 29.6. The quantitative estimate of drug-likeness (QED) is 0.569. The molecule has 1 aliphatic rings. The number of alkyl halides is 2. The summed E-state index contributed by atoms with van der Waals surface area (Å²) in [6, 6.07) is 4.55. The van der Waals surface area contributed by atoms with Gasteiger partial charge in [0.05, 0.1) is 6.54 Å². The van der Waals surface area contributed by atoms with Crippen LogP contribution in [0.1, 0.15) is 18.9 Å². The molecule has 1 unspecified atom stereocenters. The minimum absolute atomic E-state index is 0.0939. The Hall–Kier alpha value is -1.60. The molecule has 1 aliphatic heterocycles. The van der Waals surface area contributed by atoms with Crippen molar-refractivity contribution in [2.75, 3.05) is 33.2 Å². The second-order valence-corrected chi connectivity index (χ2v) is 6.56. The van der Waals surface area contributed by atoms with Gasteiger partial charge in [0.15, 0.2) is 5.96 Å². The van der Waals surface area contributed by atoms with Crippen molar-refractivity contribution < 1.29 is 13.5 Å². The Bertz CT molecular complexity index is 586. The van der Waals surface area contributed by atoms with Crippen molar-refractivity contribution in [1.29, 1.82) is 0 Å². The fourth-order valence-electron chi connectivity index (χ4n) is 2.82. The number of nitrogens with zero attached hydrogens (tertiary/aromatic N) is 2. The lowest BCUT2D eigenvalue weighted by Crippen LogP contribution is -2.40. The molecule has 0 spiro atoms. The largest absolute Gasteiger partial charge is 0.434 e. The number of hydrogen-bond acceptors (Lipinski definition) is 3. The summed E-state index contributed by atoms with van der Waals surface area (Å²) >= 11 is 5.96. The van der Waals surface area contributed by atoms with Crippen LogP contribution in [-0.2, 0) is 6.54 Å². The van der Waals surface area contributed by atoms with E-state index in [1.165, 1.54) is 12.1 Å². The van der Waals surface area contributed by atoms with Crippen molar-refractivity contribution >= 4 is 17.6 Å². The smallest absolute Gasteiger partial charge is 0.387 e. The number of guanidine groups is 1. The van der Waals surface area contributed by atoms with E-state index in [1.54, 1.807) is 6.07 Å². The highest BCUT2D eigenvalue weighted by Crippen LogP contribution is 2.25. The van der Waals surface area contributed by atoms with Gasteiger partial charge < -0.3 is 20.3 Å². The van der Waals surface area contributed by atoms with Crippen LogP contribution in [0.3, 0.4) is 0 Å². The van der Waals surface area contributed by atoms with Crippen molar-refractivity contribution in [2.45, 2.75) is 26.5 Å². The monoisotopic (exact) mass is 374 g/mol. The summed E-state index contributed by atoms with van der Waals surface area (Å²) in [5, 5.41) is 6.94. The third-order valence-electron chi connectivity index (χ3n) is 4.04. The van der Waals surface area contributed by atoms with Gasteiger partial charge in [-0.05, 0) is 51.1 Å². The zero-order valence-corrected chi connectivity index (χ0v) is 15.3. The predicted molar refractivity (Wildman–Crippen MR) is 96.5 cm³/mol. The fourth-order valence-corrected chi connectivity index (χ4v) is 3.02. The van der Waals surface area contributed by atoms with Crippen LogP contribution in [0.5, 0.6) is 5.75 Å². The van der Waals surface area contributed by atoms with Crippen molar-refractivity contribution in [3.63, 3.8) is 0 Å². The van der Waals surface area contributed by atoms with E-state index < -0.39 is 6.61 Å². The molecule has 0 radical (unpaired) electrons. The van der Waals surface area contributed by atoms with Crippen LogP contribution in [0.15, 0.2) is 23.2 Å². The van der Waals surface area contributed by atoms with Crippen molar-refractivity contribution in [1.82, 2.24) is 15.5 Å². The molecular formula is C17H25ClF2N4O. The highest BCUT2D eigenvalue weighted by Gasteiger charge is 2.19. The van der Waals surface area contributed by atoms with E-state index in [1.807, 2.05) is 6.92 Å². The highest BCUT2D eigenvalue weighted by molar-refractivity contribution is 6.30. The van der Waals surface area contributed by atoms with Crippen LogP contribution in [-0.4, -0.2) is 50.7 Å². The highest BCUT2D eigenvalue weighted by atomic mass is 35.5. The first-order chi connectivity index (χ1) is 12.0. The molecule has 0 bridgehead atoms. The molecule has 1 heterocycles. The summed E-state index contributed by atoms with van der Waals surface area (Å²) in [6.45, 7) is 3.01. The second-order valence-electron chi connectivity index (χ2n) is 6.12. The van der Waals surface area contributed by atoms with E-state index in [0.717, 1.165) is 26.1 Å². The number of ether oxygens (including phenoxy) is 1. The summed E-state index contributed by atoms with van der Waals surface area (Å²) in [5.74, 6) is 1.33. The number of aliphatic imine (C=N–C) groups is 1. The van der Waals surface area contributed by atoms with Crippen LogP contribution in [0.2, 0.25) is 5.02 Å². The molecule has 2 N–H and O–H groups in total. The second kappa shape index (κ2) is 9.77. The molecule has 0 aliphatic carbocycles. The summed E-state index contributed by atoms with van der Waals surface area (Å²) in [5.41, 5.74) is 0.519. The van der Waals surface area contributed by atoms with Crippen molar-refractivity contribution in [2.24, 2.45) is 10.9 Å². The SMILES string of the molecule is CCNC(=NCc1cc(Cl)ccc1OC(F)F)NCC1CCN(C)C1. The standard InChI is InChI=1S/C17H25ClF2N4O/c1-3-21-17(22-9-12-6-7-24(2)11-12)23-10-13-8-14(18)4-5-15(13)25-16(19)20/h4-5,8,12,16H,3,6-7,9-11H2,1-2H3,(H2,21,22,23). The van der Waals surface area contributed by atoms with Gasteiger partial charge in [0.25, 0.3) is 0 Å². The van der Waals surface area contributed by atoms with Gasteiger partial charge in [-0.15, -0.1) is 0 Å². The zero-order valence-electron chi connectivity index (χ0n) is 14.6. The normalized spacial score (nSPS) is 18.6. The van der Waals surface area contributed by atoms with Crippen molar-refractivity contribution in [3.8, 4) is 5.75 Å². The predicted octanol–water partition coefficient (Wildman–Crippen LogP) is 2.95. The van der Waals surface area contributed by atoms with Gasteiger partial charge in [-0.25, -0.2) is 4.99 Å². The number of hydrogen-bond donors (Lipinski definition) is 2. The molecule has 1 aromatic rings. The van der Waals surface area contributed by atoms with Gasteiger partial charge in [-0.3, -0.25) is 0 Å². The van der Waals surface area contributed by atoms with E-state index in [0.29, 0.717) is 29.0 Å². The van der Waals surface area contributed by atoms with Gasteiger partial charge in [-0.2, -0.15) is 8.78 Å². The lowest BCUT2D eigenvalue weighted by molar-refractivity contribution is -0.0504. The first-order valence-electron chi connectivity index (χ1n) is 8.42. The minimum atomic E-state index is -2.88. The molecule has 0 saturated carbocycles. The maximum absolute atomic E-state index is 12.5. The fraction of sp³-hybridized carbons (Fsp3) is 0.588. The van der Waals surface area contributed by atoms with Crippen LogP contribution in [0.25, 0.3) is 0 Å². The summed E-state index contributed by atoms with van der Waals surface area (Å²) in [6.07, 6.45) is 1.16. The van der Waals surface area contributed by atoms with E-state index in [-0.39, 0.29) is 12.3 Å². The molecule has 25 heavy (non-hydrogen) atoms. The molecule has 2 rings (SSSR count). The molecular weight excluding hydrogens is 350 g/mol. The van der Waals surface area contributed by atoms with Crippen LogP contribution in [0, 0.1) is 5.92 Å². The minimum Gasteiger partial charge on any atom is -0.434 e. The van der Waals surface area contributed by atoms with Crippen molar-refractivity contribution in [3.05, 3.63) is 28.8 Å². The third kappa shape index (κ3) is 6.66. The molecule has 5 nitrogen and oxygen atoms in total. The summed E-state index contributed by atoms with van der Waals surface area (Å²) in [7, 11) is 2.11. The van der Waals surface area contributed by atoms with Crippen LogP contribution < -0.4 is 15.4 Å². The van der Waals surface area contributed by atoms with E-state index in [4.69, 9.17) is 11.6 Å². The Morgan fingerprint density at radius 3 is 2.88 bits per heavy atom. The Morgan fingerprint density at radius 2 is 2.24 bits per heavy atom. The Labute approximate surface area is 152 Å². The first kappa shape index (κ1) is 19.7. The number of nitrogens with one attached hydrogen (secondary N) is 2. The number of benzene rings is 1. The first-order valence-corrected chi connectivity index (χ1v) is 8.79. The molecule has 0 aromatic heterocycles.